The first-order valence-electron chi connectivity index (χ1n) is 4.26. The molecule has 0 aromatic rings. The second kappa shape index (κ2) is 5.06. The molecule has 0 aliphatic rings. The van der Waals surface area contributed by atoms with E-state index in [-0.39, 0.29) is 0 Å². The van der Waals surface area contributed by atoms with Crippen molar-refractivity contribution in [2.24, 2.45) is 0 Å². The van der Waals surface area contributed by atoms with E-state index in [2.05, 4.69) is 39.5 Å². The number of hydrogen-bond donors (Lipinski definition) is 0. The fourth-order valence-electron chi connectivity index (χ4n) is 0.595. The molecular weight excluding hydrogens is 140 g/mol. The predicted octanol–water partition coefficient (Wildman–Crippen LogP) is 3.71. The van der Waals surface area contributed by atoms with Crippen LogP contribution >= 0.6 is 11.8 Å². The third kappa shape index (κ3) is 5.16. The van der Waals surface area contributed by atoms with Crippen molar-refractivity contribution in [2.45, 2.75) is 51.7 Å². The molecule has 0 nitrogen and oxygen atoms in total. The number of thioether (sulfide) groups is 1. The van der Waals surface area contributed by atoms with E-state index in [0.29, 0.717) is 4.75 Å². The molecule has 0 radical (unpaired) electrons. The maximum atomic E-state index is 2.33. The van der Waals surface area contributed by atoms with Gasteiger partial charge in [0.05, 0.1) is 0 Å². The van der Waals surface area contributed by atoms with E-state index < -0.39 is 0 Å². The van der Waals surface area contributed by atoms with Gasteiger partial charge in [0.25, 0.3) is 0 Å². The van der Waals surface area contributed by atoms with E-state index in [9.17, 15) is 0 Å². The maximum absolute atomic E-state index is 2.33. The third-order valence-corrected chi connectivity index (χ3v) is 3.41. The lowest BCUT2D eigenvalue weighted by molar-refractivity contribution is 0.682. The van der Waals surface area contributed by atoms with E-state index in [1.165, 1.54) is 25.0 Å². The molecule has 62 valence electrons. The number of hydrogen-bond acceptors (Lipinski definition) is 1. The summed E-state index contributed by atoms with van der Waals surface area (Å²) in [6.07, 6.45) is 3.97. The summed E-state index contributed by atoms with van der Waals surface area (Å²) in [5.74, 6) is 1.33. The highest BCUT2D eigenvalue weighted by Crippen LogP contribution is 2.28. The monoisotopic (exact) mass is 160 g/mol. The highest BCUT2D eigenvalue weighted by atomic mass is 32.2. The Balaban J connectivity index is 3.28. The van der Waals surface area contributed by atoms with Crippen LogP contribution in [0.1, 0.15) is 47.0 Å². The summed E-state index contributed by atoms with van der Waals surface area (Å²) in [6, 6.07) is 0. The molecule has 0 saturated heterocycles. The summed E-state index contributed by atoms with van der Waals surface area (Å²) in [5, 5.41) is 0. The topological polar surface area (TPSA) is 0 Å². The molecule has 0 unspecified atom stereocenters. The van der Waals surface area contributed by atoms with Crippen molar-refractivity contribution in [2.75, 3.05) is 5.75 Å². The van der Waals surface area contributed by atoms with Gasteiger partial charge in [0, 0.05) is 4.75 Å². The van der Waals surface area contributed by atoms with E-state index in [1.807, 2.05) is 0 Å². The molecule has 0 rings (SSSR count). The summed E-state index contributed by atoms with van der Waals surface area (Å²) >= 11 is 2.10. The molecule has 0 amide bonds. The standard InChI is InChI=1S/C9H20S/c1-5-7-8-10-9(3,4)6-2/h5-8H2,1-4H3. The SMILES string of the molecule is CCCCSC(C)(C)CC. The van der Waals surface area contributed by atoms with Crippen molar-refractivity contribution >= 4 is 11.8 Å². The molecule has 0 bridgehead atoms. The van der Waals surface area contributed by atoms with Crippen molar-refractivity contribution in [1.82, 2.24) is 0 Å². The molecule has 10 heavy (non-hydrogen) atoms. The van der Waals surface area contributed by atoms with E-state index in [0.717, 1.165) is 0 Å². The van der Waals surface area contributed by atoms with Crippen LogP contribution < -0.4 is 0 Å². The predicted molar refractivity (Wildman–Crippen MR) is 51.7 cm³/mol. The van der Waals surface area contributed by atoms with Gasteiger partial charge in [-0.2, -0.15) is 11.8 Å². The van der Waals surface area contributed by atoms with Gasteiger partial charge >= 0.3 is 0 Å². The Morgan fingerprint density at radius 2 is 1.80 bits per heavy atom. The number of rotatable bonds is 5. The van der Waals surface area contributed by atoms with E-state index in [1.54, 1.807) is 0 Å². The maximum Gasteiger partial charge on any atom is 0.0101 e. The lowest BCUT2D eigenvalue weighted by Gasteiger charge is -2.21. The van der Waals surface area contributed by atoms with Gasteiger partial charge in [0.15, 0.2) is 0 Å². The minimum absolute atomic E-state index is 0.509. The fourth-order valence-corrected chi connectivity index (χ4v) is 1.78. The first-order chi connectivity index (χ1) is 4.62. The van der Waals surface area contributed by atoms with E-state index in [4.69, 9.17) is 0 Å². The number of unbranched alkanes of at least 4 members (excludes halogenated alkanes) is 1. The molecule has 0 heterocycles. The Labute approximate surface area is 69.8 Å². The van der Waals surface area contributed by atoms with Crippen LogP contribution in [0.3, 0.4) is 0 Å². The lowest BCUT2D eigenvalue weighted by Crippen LogP contribution is -2.12. The van der Waals surface area contributed by atoms with Crippen LogP contribution in [0, 0.1) is 0 Å². The van der Waals surface area contributed by atoms with Crippen molar-refractivity contribution < 1.29 is 0 Å². The Hall–Kier alpha value is 0.350. The highest BCUT2D eigenvalue weighted by molar-refractivity contribution is 8.00. The van der Waals surface area contributed by atoms with Gasteiger partial charge < -0.3 is 0 Å². The van der Waals surface area contributed by atoms with Crippen LogP contribution in [-0.4, -0.2) is 10.5 Å². The van der Waals surface area contributed by atoms with Crippen LogP contribution in [0.15, 0.2) is 0 Å². The molecule has 0 spiro atoms. The molecule has 0 saturated carbocycles. The van der Waals surface area contributed by atoms with Gasteiger partial charge in [-0.25, -0.2) is 0 Å². The first-order valence-corrected chi connectivity index (χ1v) is 5.25. The smallest absolute Gasteiger partial charge is 0.0101 e. The molecule has 0 fully saturated rings. The highest BCUT2D eigenvalue weighted by Gasteiger charge is 2.13. The van der Waals surface area contributed by atoms with Gasteiger partial charge in [-0.15, -0.1) is 0 Å². The molecule has 1 heteroatoms. The molecule has 0 N–H and O–H groups in total. The summed E-state index contributed by atoms with van der Waals surface area (Å²) in [4.78, 5) is 0. The van der Waals surface area contributed by atoms with E-state index >= 15 is 0 Å². The zero-order valence-corrected chi connectivity index (χ0v) is 8.55. The Morgan fingerprint density at radius 1 is 1.20 bits per heavy atom. The average molecular weight is 160 g/mol. The fraction of sp³-hybridized carbons (Fsp3) is 1.00. The van der Waals surface area contributed by atoms with Gasteiger partial charge in [0.1, 0.15) is 0 Å². The van der Waals surface area contributed by atoms with Gasteiger partial charge in [0.2, 0.25) is 0 Å². The normalized spacial score (nSPS) is 12.0. The Kier molecular flexibility index (Phi) is 5.24. The zero-order valence-electron chi connectivity index (χ0n) is 7.74. The molecule has 0 aromatic carbocycles. The third-order valence-electron chi connectivity index (χ3n) is 1.84. The Bertz CT molecular complexity index is 76.8. The van der Waals surface area contributed by atoms with Crippen molar-refractivity contribution in [3.63, 3.8) is 0 Å². The molecular formula is C9H20S. The molecule has 0 atom stereocenters. The van der Waals surface area contributed by atoms with Crippen LogP contribution in [0.5, 0.6) is 0 Å². The van der Waals surface area contributed by atoms with Crippen molar-refractivity contribution in [1.29, 1.82) is 0 Å². The Morgan fingerprint density at radius 3 is 2.20 bits per heavy atom. The second-order valence-electron chi connectivity index (χ2n) is 3.32. The minimum atomic E-state index is 0.509. The minimum Gasteiger partial charge on any atom is -0.156 e. The molecule has 0 aliphatic heterocycles. The zero-order chi connectivity index (χ0) is 8.04. The quantitative estimate of drug-likeness (QED) is 0.552. The summed E-state index contributed by atoms with van der Waals surface area (Å²) in [7, 11) is 0. The van der Waals surface area contributed by atoms with Gasteiger partial charge in [-0.3, -0.25) is 0 Å². The van der Waals surface area contributed by atoms with Crippen LogP contribution in [0.4, 0.5) is 0 Å². The summed E-state index contributed by atoms with van der Waals surface area (Å²) < 4.78 is 0.509. The van der Waals surface area contributed by atoms with Crippen LogP contribution in [-0.2, 0) is 0 Å². The molecule has 0 aliphatic carbocycles. The summed E-state index contributed by atoms with van der Waals surface area (Å²) in [5.41, 5.74) is 0. The van der Waals surface area contributed by atoms with Crippen molar-refractivity contribution in [3.05, 3.63) is 0 Å². The largest absolute Gasteiger partial charge is 0.156 e. The lowest BCUT2D eigenvalue weighted by atomic mass is 10.1. The van der Waals surface area contributed by atoms with Gasteiger partial charge in [-0.05, 0) is 18.6 Å². The molecule has 0 aromatic heterocycles. The van der Waals surface area contributed by atoms with Crippen LogP contribution in [0.25, 0.3) is 0 Å². The second-order valence-corrected chi connectivity index (χ2v) is 5.12. The average Bonchev–Trinajstić information content (AvgIpc) is 1.89. The van der Waals surface area contributed by atoms with Crippen LogP contribution in [0.2, 0.25) is 0 Å². The first kappa shape index (κ1) is 10.3. The summed E-state index contributed by atoms with van der Waals surface area (Å²) in [6.45, 7) is 9.17. The van der Waals surface area contributed by atoms with Crippen molar-refractivity contribution in [3.8, 4) is 0 Å². The van der Waals surface area contributed by atoms with Gasteiger partial charge in [-0.1, -0.05) is 34.1 Å².